The molecule has 2 heterocycles. The van der Waals surface area contributed by atoms with E-state index in [0.717, 1.165) is 18.7 Å². The number of aromatic nitrogens is 1. The van der Waals surface area contributed by atoms with Crippen molar-refractivity contribution >= 4 is 5.82 Å². The zero-order chi connectivity index (χ0) is 27.1. The van der Waals surface area contributed by atoms with Gasteiger partial charge in [0.05, 0.1) is 24.8 Å². The number of pyridine rings is 1. The summed E-state index contributed by atoms with van der Waals surface area (Å²) in [5.74, 6) is -0.580. The number of ether oxygens (including phenoxy) is 2. The van der Waals surface area contributed by atoms with E-state index in [-0.39, 0.29) is 23.0 Å². The SMILES string of the molecule is [C-]#[N+]c1cc2c(c(OC)n1)[C@]1(O)[C@H](O)[C@H](CN(CC)CC)[C@@H](c3ccccc3)[C@]1(c1ccc(C#N)cc1)O2. The molecule has 38 heavy (non-hydrogen) atoms. The Kier molecular flexibility index (Phi) is 6.58. The highest BCUT2D eigenvalue weighted by Gasteiger charge is 2.77. The van der Waals surface area contributed by atoms with Gasteiger partial charge in [-0.3, -0.25) is 0 Å². The highest BCUT2D eigenvalue weighted by molar-refractivity contribution is 5.62. The first-order valence-corrected chi connectivity index (χ1v) is 12.7. The molecule has 194 valence electrons. The number of aliphatic hydroxyl groups is 2. The molecular formula is C30H30N4O4. The highest BCUT2D eigenvalue weighted by Crippen LogP contribution is 2.69. The van der Waals surface area contributed by atoms with Crippen molar-refractivity contribution in [2.45, 2.75) is 37.1 Å². The first-order chi connectivity index (χ1) is 18.4. The van der Waals surface area contributed by atoms with Crippen LogP contribution in [0.3, 0.4) is 0 Å². The molecule has 3 aromatic rings. The van der Waals surface area contributed by atoms with Crippen molar-refractivity contribution in [1.29, 1.82) is 5.26 Å². The first-order valence-electron chi connectivity index (χ1n) is 12.7. The van der Waals surface area contributed by atoms with Crippen molar-refractivity contribution in [3.05, 3.63) is 94.3 Å². The molecule has 2 N–H and O–H groups in total. The Bertz CT molecular complexity index is 1410. The molecule has 0 spiro atoms. The average molecular weight is 511 g/mol. The molecule has 8 nitrogen and oxygen atoms in total. The number of methoxy groups -OCH3 is 1. The number of benzene rings is 2. The van der Waals surface area contributed by atoms with Gasteiger partial charge in [-0.1, -0.05) is 67.9 Å². The van der Waals surface area contributed by atoms with Gasteiger partial charge in [0.1, 0.15) is 11.3 Å². The lowest BCUT2D eigenvalue weighted by Gasteiger charge is -2.41. The van der Waals surface area contributed by atoms with Crippen LogP contribution in [0.5, 0.6) is 11.6 Å². The molecule has 2 aromatic carbocycles. The van der Waals surface area contributed by atoms with Gasteiger partial charge in [0, 0.05) is 24.4 Å². The average Bonchev–Trinajstić information content (AvgIpc) is 3.33. The van der Waals surface area contributed by atoms with Crippen molar-refractivity contribution in [3.63, 3.8) is 0 Å². The number of hydrogen-bond acceptors (Lipinski definition) is 7. The van der Waals surface area contributed by atoms with Crippen LogP contribution in [0.25, 0.3) is 4.85 Å². The molecule has 1 aliphatic heterocycles. The molecule has 0 bridgehead atoms. The normalized spacial score (nSPS) is 27.2. The second-order valence-corrected chi connectivity index (χ2v) is 9.75. The van der Waals surface area contributed by atoms with Crippen LogP contribution in [0.2, 0.25) is 0 Å². The van der Waals surface area contributed by atoms with Gasteiger partial charge < -0.3 is 29.4 Å². The van der Waals surface area contributed by atoms with Gasteiger partial charge in [0.15, 0.2) is 11.2 Å². The maximum absolute atomic E-state index is 12.9. The van der Waals surface area contributed by atoms with Crippen LogP contribution in [-0.4, -0.2) is 52.9 Å². The van der Waals surface area contributed by atoms with Gasteiger partial charge in [-0.05, 0) is 36.3 Å². The van der Waals surface area contributed by atoms with E-state index in [9.17, 15) is 15.5 Å². The molecule has 1 fully saturated rings. The molecular weight excluding hydrogens is 480 g/mol. The van der Waals surface area contributed by atoms with Gasteiger partial charge in [-0.15, -0.1) is 0 Å². The second-order valence-electron chi connectivity index (χ2n) is 9.75. The molecule has 0 unspecified atom stereocenters. The summed E-state index contributed by atoms with van der Waals surface area (Å²) < 4.78 is 12.4. The molecule has 0 radical (unpaired) electrons. The lowest BCUT2D eigenvalue weighted by Crippen LogP contribution is -2.52. The summed E-state index contributed by atoms with van der Waals surface area (Å²) in [4.78, 5) is 9.99. The Morgan fingerprint density at radius 1 is 1.16 bits per heavy atom. The summed E-state index contributed by atoms with van der Waals surface area (Å²) in [7, 11) is 1.42. The summed E-state index contributed by atoms with van der Waals surface area (Å²) in [5, 5.41) is 34.5. The van der Waals surface area contributed by atoms with E-state index in [1.807, 2.05) is 30.3 Å². The van der Waals surface area contributed by atoms with Gasteiger partial charge in [-0.2, -0.15) is 5.26 Å². The van der Waals surface area contributed by atoms with Crippen LogP contribution in [0.15, 0.2) is 60.7 Å². The Balaban J connectivity index is 1.85. The number of fused-ring (bicyclic) bond motifs is 3. The lowest BCUT2D eigenvalue weighted by atomic mass is 9.70. The van der Waals surface area contributed by atoms with Crippen molar-refractivity contribution in [3.8, 4) is 17.7 Å². The van der Waals surface area contributed by atoms with E-state index < -0.39 is 29.1 Å². The lowest BCUT2D eigenvalue weighted by molar-refractivity contribution is -0.152. The summed E-state index contributed by atoms with van der Waals surface area (Å²) in [6, 6.07) is 20.3. The smallest absolute Gasteiger partial charge is 0.319 e. The topological polar surface area (TPSA) is 103 Å². The summed E-state index contributed by atoms with van der Waals surface area (Å²) in [5.41, 5.74) is -1.25. The molecule has 0 saturated heterocycles. The highest BCUT2D eigenvalue weighted by atomic mass is 16.5. The molecule has 1 saturated carbocycles. The first kappa shape index (κ1) is 25.7. The number of hydrogen-bond donors (Lipinski definition) is 2. The van der Waals surface area contributed by atoms with Crippen molar-refractivity contribution in [2.75, 3.05) is 26.7 Å². The minimum atomic E-state index is -1.96. The van der Waals surface area contributed by atoms with Gasteiger partial charge >= 0.3 is 5.88 Å². The van der Waals surface area contributed by atoms with Crippen molar-refractivity contribution in [2.24, 2.45) is 5.92 Å². The quantitative estimate of drug-likeness (QED) is 0.461. The zero-order valence-corrected chi connectivity index (χ0v) is 21.6. The summed E-state index contributed by atoms with van der Waals surface area (Å²) in [6.07, 6.45) is -1.26. The van der Waals surface area contributed by atoms with Crippen LogP contribution < -0.4 is 9.47 Å². The van der Waals surface area contributed by atoms with Crippen LogP contribution in [-0.2, 0) is 11.2 Å². The van der Waals surface area contributed by atoms with E-state index >= 15 is 0 Å². The standard InChI is InChI=1S/C30H30N4O4/c1-5-34(6-2)18-22-25(20-10-8-7-9-11-20)30(21-14-12-19(17-31)13-15-21)29(36,27(22)35)26-23(38-30)16-24(32-3)33-28(26)37-4/h7-16,22,25,27,35-36H,5-6,18H2,1-2,4H3/t22-,25-,27-,29+,30+/m1/s1. The van der Waals surface area contributed by atoms with Crippen LogP contribution in [0, 0.1) is 23.8 Å². The number of nitriles is 1. The monoisotopic (exact) mass is 510 g/mol. The maximum atomic E-state index is 12.9. The Hall–Kier alpha value is -3.95. The van der Waals surface area contributed by atoms with E-state index in [2.05, 4.69) is 34.6 Å². The Morgan fingerprint density at radius 3 is 2.42 bits per heavy atom. The summed E-state index contributed by atoms with van der Waals surface area (Å²) >= 11 is 0. The fraction of sp³-hybridized carbons (Fsp3) is 0.367. The molecule has 5 rings (SSSR count). The fourth-order valence-corrected chi connectivity index (χ4v) is 6.40. The minimum absolute atomic E-state index is 0.0425. The van der Waals surface area contributed by atoms with E-state index in [0.29, 0.717) is 17.7 Å². The van der Waals surface area contributed by atoms with Crippen LogP contribution >= 0.6 is 0 Å². The molecule has 8 heteroatoms. The number of rotatable bonds is 7. The zero-order valence-electron chi connectivity index (χ0n) is 21.6. The number of nitrogens with zero attached hydrogens (tertiary/aromatic N) is 4. The Labute approximate surface area is 222 Å². The predicted octanol–water partition coefficient (Wildman–Crippen LogP) is 4.10. The van der Waals surface area contributed by atoms with Gasteiger partial charge in [-0.25, -0.2) is 0 Å². The minimum Gasteiger partial charge on any atom is -0.479 e. The molecule has 2 aliphatic rings. The third-order valence-electron chi connectivity index (χ3n) is 8.13. The van der Waals surface area contributed by atoms with Gasteiger partial charge in [0.2, 0.25) is 0 Å². The Morgan fingerprint density at radius 2 is 1.84 bits per heavy atom. The van der Waals surface area contributed by atoms with E-state index in [1.54, 1.807) is 24.3 Å². The second kappa shape index (κ2) is 9.74. The van der Waals surface area contributed by atoms with Gasteiger partial charge in [0.25, 0.3) is 5.82 Å². The number of aliphatic hydroxyl groups excluding tert-OH is 1. The molecule has 1 aromatic heterocycles. The summed E-state index contributed by atoms with van der Waals surface area (Å²) in [6.45, 7) is 13.7. The van der Waals surface area contributed by atoms with E-state index in [4.69, 9.17) is 16.0 Å². The van der Waals surface area contributed by atoms with Crippen molar-refractivity contribution in [1.82, 2.24) is 9.88 Å². The van der Waals surface area contributed by atoms with E-state index in [1.165, 1.54) is 13.2 Å². The molecule has 0 amide bonds. The largest absolute Gasteiger partial charge is 0.479 e. The van der Waals surface area contributed by atoms with Crippen LogP contribution in [0.4, 0.5) is 5.82 Å². The third-order valence-corrected chi connectivity index (χ3v) is 8.13. The fourth-order valence-electron chi connectivity index (χ4n) is 6.40. The van der Waals surface area contributed by atoms with Crippen LogP contribution in [0.1, 0.15) is 42.0 Å². The maximum Gasteiger partial charge on any atom is 0.319 e. The molecule has 5 atom stereocenters. The third kappa shape index (κ3) is 3.49. The molecule has 1 aliphatic carbocycles. The van der Waals surface area contributed by atoms with Crippen molar-refractivity contribution < 1.29 is 19.7 Å². The predicted molar refractivity (Wildman–Crippen MR) is 141 cm³/mol.